The molecule has 0 amide bonds. The summed E-state index contributed by atoms with van der Waals surface area (Å²) in [5.41, 5.74) is 0.849. The van der Waals surface area contributed by atoms with Gasteiger partial charge in [0.25, 0.3) is 0 Å². The summed E-state index contributed by atoms with van der Waals surface area (Å²) in [6.45, 7) is 0.115. The van der Waals surface area contributed by atoms with Crippen molar-refractivity contribution in [1.82, 2.24) is 0 Å². The number of aliphatic hydroxyl groups excluding tert-OH is 2. The summed E-state index contributed by atoms with van der Waals surface area (Å²) in [7, 11) is 0. The number of halogens is 2. The van der Waals surface area contributed by atoms with E-state index in [1.54, 1.807) is 6.07 Å². The lowest BCUT2D eigenvalue weighted by Gasteiger charge is -2.37. The molecule has 0 aromatic heterocycles. The van der Waals surface area contributed by atoms with Gasteiger partial charge in [0.15, 0.2) is 0 Å². The molecule has 0 unspecified atom stereocenters. The van der Waals surface area contributed by atoms with Crippen molar-refractivity contribution >= 4 is 15.9 Å². The Morgan fingerprint density at radius 1 is 1.33 bits per heavy atom. The molecule has 1 fully saturated rings. The molecule has 1 aromatic carbocycles. The van der Waals surface area contributed by atoms with Crippen LogP contribution < -0.4 is 0 Å². The second kappa shape index (κ2) is 5.68. The third kappa shape index (κ3) is 3.11. The summed E-state index contributed by atoms with van der Waals surface area (Å²) in [4.78, 5) is 0. The van der Waals surface area contributed by atoms with E-state index in [-0.39, 0.29) is 23.9 Å². The monoisotopic (exact) mass is 316 g/mol. The predicted molar refractivity (Wildman–Crippen MR) is 71.8 cm³/mol. The highest BCUT2D eigenvalue weighted by Crippen LogP contribution is 2.40. The van der Waals surface area contributed by atoms with Crippen LogP contribution in [0.15, 0.2) is 22.7 Å². The predicted octanol–water partition coefficient (Wildman–Crippen LogP) is 3.04. The first-order valence-corrected chi connectivity index (χ1v) is 7.07. The van der Waals surface area contributed by atoms with E-state index in [1.807, 2.05) is 0 Å². The molecule has 0 heterocycles. The van der Waals surface area contributed by atoms with Gasteiger partial charge in [0.1, 0.15) is 5.82 Å². The van der Waals surface area contributed by atoms with Gasteiger partial charge in [-0.15, -0.1) is 0 Å². The van der Waals surface area contributed by atoms with Crippen LogP contribution in [0.4, 0.5) is 4.39 Å². The lowest BCUT2D eigenvalue weighted by Crippen LogP contribution is -2.35. The zero-order valence-electron chi connectivity index (χ0n) is 10.2. The number of aliphatic hydroxyl groups is 2. The molecule has 0 saturated heterocycles. The molecular weight excluding hydrogens is 299 g/mol. The van der Waals surface area contributed by atoms with Gasteiger partial charge in [-0.1, -0.05) is 22.0 Å². The van der Waals surface area contributed by atoms with Crippen molar-refractivity contribution < 1.29 is 14.6 Å². The van der Waals surface area contributed by atoms with Gasteiger partial charge in [-0.3, -0.25) is 0 Å². The van der Waals surface area contributed by atoms with Crippen LogP contribution in [0.1, 0.15) is 31.2 Å². The lowest BCUT2D eigenvalue weighted by molar-refractivity contribution is 0.0241. The first kappa shape index (κ1) is 14.0. The van der Waals surface area contributed by atoms with E-state index in [9.17, 15) is 14.6 Å². The summed E-state index contributed by atoms with van der Waals surface area (Å²) in [6, 6.07) is 4.67. The van der Waals surface area contributed by atoms with Crippen molar-refractivity contribution in [2.45, 2.75) is 38.2 Å². The smallest absolute Gasteiger partial charge is 0.124 e. The Morgan fingerprint density at radius 2 is 2.00 bits per heavy atom. The average Bonchev–Trinajstić information content (AvgIpc) is 2.36. The molecule has 1 saturated carbocycles. The van der Waals surface area contributed by atoms with Crippen LogP contribution in [-0.2, 0) is 6.42 Å². The van der Waals surface area contributed by atoms with Crippen LogP contribution in [-0.4, -0.2) is 22.9 Å². The fraction of sp³-hybridized carbons (Fsp3) is 0.571. The van der Waals surface area contributed by atoms with E-state index in [0.717, 1.165) is 42.1 Å². The van der Waals surface area contributed by atoms with E-state index < -0.39 is 0 Å². The standard InChI is InChI=1S/C14H18BrFO2/c15-13-7-11(16)2-1-10(13)8-14(9-17)5-3-12(18)4-6-14/h1-2,7,12,17-18H,3-6,8-9H2. The van der Waals surface area contributed by atoms with Crippen molar-refractivity contribution in [1.29, 1.82) is 0 Å². The molecule has 0 atom stereocenters. The summed E-state index contributed by atoms with van der Waals surface area (Å²) in [5, 5.41) is 19.2. The molecule has 1 aliphatic carbocycles. The molecule has 2 nitrogen and oxygen atoms in total. The number of hydrogen-bond donors (Lipinski definition) is 2. The highest BCUT2D eigenvalue weighted by molar-refractivity contribution is 9.10. The maximum absolute atomic E-state index is 13.0. The molecule has 0 aliphatic heterocycles. The molecule has 2 N–H and O–H groups in total. The third-order valence-corrected chi connectivity index (χ3v) is 4.67. The first-order chi connectivity index (χ1) is 8.54. The molecular formula is C14H18BrFO2. The Morgan fingerprint density at radius 3 is 2.56 bits per heavy atom. The van der Waals surface area contributed by atoms with Crippen molar-refractivity contribution in [3.63, 3.8) is 0 Å². The number of benzene rings is 1. The van der Waals surface area contributed by atoms with Gasteiger partial charge in [0.05, 0.1) is 6.10 Å². The zero-order valence-corrected chi connectivity index (χ0v) is 11.8. The van der Waals surface area contributed by atoms with E-state index >= 15 is 0 Å². The second-order valence-corrected chi connectivity index (χ2v) is 6.16. The minimum Gasteiger partial charge on any atom is -0.396 e. The molecule has 4 heteroatoms. The van der Waals surface area contributed by atoms with Gasteiger partial charge in [-0.25, -0.2) is 4.39 Å². The van der Waals surface area contributed by atoms with Gasteiger partial charge >= 0.3 is 0 Å². The Hall–Kier alpha value is -0.450. The quantitative estimate of drug-likeness (QED) is 0.899. The van der Waals surface area contributed by atoms with Crippen molar-refractivity contribution in [2.24, 2.45) is 5.41 Å². The second-order valence-electron chi connectivity index (χ2n) is 5.30. The summed E-state index contributed by atoms with van der Waals surface area (Å²) < 4.78 is 13.8. The third-order valence-electron chi connectivity index (χ3n) is 3.93. The van der Waals surface area contributed by atoms with E-state index in [2.05, 4.69) is 15.9 Å². The average molecular weight is 317 g/mol. The van der Waals surface area contributed by atoms with Gasteiger partial charge in [-0.05, 0) is 55.2 Å². The summed E-state index contributed by atoms with van der Waals surface area (Å²) >= 11 is 3.37. The summed E-state index contributed by atoms with van der Waals surface area (Å²) in [6.07, 6.45) is 3.58. The Kier molecular flexibility index (Phi) is 4.41. The van der Waals surface area contributed by atoms with Crippen LogP contribution in [0.2, 0.25) is 0 Å². The fourth-order valence-electron chi connectivity index (χ4n) is 2.67. The van der Waals surface area contributed by atoms with Crippen molar-refractivity contribution in [3.05, 3.63) is 34.1 Å². The molecule has 0 spiro atoms. The molecule has 100 valence electrons. The highest BCUT2D eigenvalue weighted by Gasteiger charge is 2.34. The molecule has 0 radical (unpaired) electrons. The number of rotatable bonds is 3. The van der Waals surface area contributed by atoms with Gasteiger partial charge in [-0.2, -0.15) is 0 Å². The van der Waals surface area contributed by atoms with Crippen LogP contribution in [0.3, 0.4) is 0 Å². The van der Waals surface area contributed by atoms with E-state index in [0.29, 0.717) is 0 Å². The van der Waals surface area contributed by atoms with Crippen LogP contribution in [0.25, 0.3) is 0 Å². The van der Waals surface area contributed by atoms with Gasteiger partial charge in [0, 0.05) is 11.1 Å². The van der Waals surface area contributed by atoms with Crippen LogP contribution in [0.5, 0.6) is 0 Å². The highest BCUT2D eigenvalue weighted by atomic mass is 79.9. The lowest BCUT2D eigenvalue weighted by atomic mass is 9.70. The van der Waals surface area contributed by atoms with Crippen LogP contribution >= 0.6 is 15.9 Å². The van der Waals surface area contributed by atoms with E-state index in [4.69, 9.17) is 0 Å². The minimum atomic E-state index is -0.261. The van der Waals surface area contributed by atoms with Crippen molar-refractivity contribution in [3.8, 4) is 0 Å². The largest absolute Gasteiger partial charge is 0.396 e. The maximum Gasteiger partial charge on any atom is 0.124 e. The minimum absolute atomic E-state index is 0.115. The van der Waals surface area contributed by atoms with Crippen molar-refractivity contribution in [2.75, 3.05) is 6.61 Å². The SMILES string of the molecule is OCC1(Cc2ccc(F)cc2Br)CCC(O)CC1. The zero-order chi connectivity index (χ0) is 13.2. The van der Waals surface area contributed by atoms with Gasteiger partial charge in [0.2, 0.25) is 0 Å². The normalized spacial score (nSPS) is 28.3. The van der Waals surface area contributed by atoms with Crippen LogP contribution in [0, 0.1) is 11.2 Å². The van der Waals surface area contributed by atoms with E-state index in [1.165, 1.54) is 12.1 Å². The molecule has 2 rings (SSSR count). The Balaban J connectivity index is 2.15. The maximum atomic E-state index is 13.0. The topological polar surface area (TPSA) is 40.5 Å². The summed E-state index contributed by atoms with van der Waals surface area (Å²) in [5.74, 6) is -0.261. The fourth-order valence-corrected chi connectivity index (χ4v) is 3.17. The molecule has 1 aliphatic rings. The molecule has 1 aromatic rings. The Labute approximate surface area is 115 Å². The number of hydrogen-bond acceptors (Lipinski definition) is 2. The Bertz CT molecular complexity index is 414. The molecule has 0 bridgehead atoms. The first-order valence-electron chi connectivity index (χ1n) is 6.27. The van der Waals surface area contributed by atoms with Gasteiger partial charge < -0.3 is 10.2 Å². The molecule has 18 heavy (non-hydrogen) atoms.